The molecule has 1 N–H and O–H groups in total. The molecule has 1 aromatic rings. The molecule has 1 heterocycles. The predicted octanol–water partition coefficient (Wildman–Crippen LogP) is 3.68. The van der Waals surface area contributed by atoms with E-state index < -0.39 is 0 Å². The van der Waals surface area contributed by atoms with Gasteiger partial charge >= 0.3 is 0 Å². The maximum atomic E-state index is 9.47. The van der Waals surface area contributed by atoms with Crippen molar-refractivity contribution in [2.24, 2.45) is 5.92 Å². The molecule has 1 aliphatic heterocycles. The highest BCUT2D eigenvalue weighted by atomic mass is 15.1. The fourth-order valence-electron chi connectivity index (χ4n) is 2.83. The maximum Gasteiger partial charge on any atom is 0.101 e. The smallest absolute Gasteiger partial charge is 0.101 e. The number of nitrogens with one attached hydrogen (secondary N) is 1. The highest BCUT2D eigenvalue weighted by Gasteiger charge is 2.19. The van der Waals surface area contributed by atoms with E-state index in [0.717, 1.165) is 30.9 Å². The first-order valence-electron chi connectivity index (χ1n) is 7.92. The number of rotatable bonds is 3. The van der Waals surface area contributed by atoms with Gasteiger partial charge in [-0.15, -0.1) is 0 Å². The molecule has 0 amide bonds. The van der Waals surface area contributed by atoms with Crippen LogP contribution in [0.2, 0.25) is 0 Å². The summed E-state index contributed by atoms with van der Waals surface area (Å²) >= 11 is 0. The minimum atomic E-state index is 0.0911. The number of nitrogens with zero attached hydrogens (tertiary/aromatic N) is 2. The Morgan fingerprint density at radius 1 is 1.38 bits per heavy atom. The lowest BCUT2D eigenvalue weighted by Crippen LogP contribution is -2.35. The quantitative estimate of drug-likeness (QED) is 0.920. The first-order chi connectivity index (χ1) is 9.89. The molecule has 114 valence electrons. The highest BCUT2D eigenvalue weighted by Crippen LogP contribution is 2.27. The minimum Gasteiger partial charge on any atom is -0.370 e. The molecule has 1 atom stereocenters. The summed E-state index contributed by atoms with van der Waals surface area (Å²) in [5.41, 5.74) is 3.17. The summed E-state index contributed by atoms with van der Waals surface area (Å²) in [5.74, 6) is 0.715. The summed E-state index contributed by atoms with van der Waals surface area (Å²) in [4.78, 5) is 2.37. The average molecular weight is 285 g/mol. The third-order valence-corrected chi connectivity index (χ3v) is 4.00. The molecular weight excluding hydrogens is 258 g/mol. The van der Waals surface area contributed by atoms with Crippen LogP contribution in [0, 0.1) is 17.2 Å². The van der Waals surface area contributed by atoms with Crippen molar-refractivity contribution >= 4 is 5.69 Å². The highest BCUT2D eigenvalue weighted by molar-refractivity contribution is 5.60. The normalized spacial score (nSPS) is 19.4. The third-order valence-electron chi connectivity index (χ3n) is 4.00. The lowest BCUT2D eigenvalue weighted by atomic mass is 9.98. The van der Waals surface area contributed by atoms with Crippen molar-refractivity contribution in [3.8, 4) is 6.07 Å². The van der Waals surface area contributed by atoms with Crippen molar-refractivity contribution in [3.63, 3.8) is 0 Å². The zero-order valence-corrected chi connectivity index (χ0v) is 13.7. The molecule has 0 spiro atoms. The molecule has 2 rings (SSSR count). The molecule has 0 aromatic heterocycles. The molecule has 3 nitrogen and oxygen atoms in total. The van der Waals surface area contributed by atoms with Crippen molar-refractivity contribution in [1.29, 1.82) is 5.26 Å². The Kier molecular flexibility index (Phi) is 4.90. The van der Waals surface area contributed by atoms with Crippen LogP contribution < -0.4 is 10.2 Å². The summed E-state index contributed by atoms with van der Waals surface area (Å²) in [5, 5.41) is 12.9. The second-order valence-corrected chi connectivity index (χ2v) is 7.26. The van der Waals surface area contributed by atoms with E-state index >= 15 is 0 Å². The number of nitriles is 1. The number of hydrogen-bond donors (Lipinski definition) is 1. The van der Waals surface area contributed by atoms with E-state index in [1.165, 1.54) is 18.4 Å². The standard InChI is InChI=1S/C18H27N3/c1-14-6-5-9-21(13-14)17-8-7-15(10-16(17)11-19)12-20-18(2,3)4/h7-8,10,14,20H,5-6,9,12-13H2,1-4H3. The monoisotopic (exact) mass is 285 g/mol. The molecule has 0 bridgehead atoms. The summed E-state index contributed by atoms with van der Waals surface area (Å²) < 4.78 is 0. The molecule has 1 unspecified atom stereocenters. The van der Waals surface area contributed by atoms with E-state index in [9.17, 15) is 5.26 Å². The van der Waals surface area contributed by atoms with Crippen molar-refractivity contribution in [3.05, 3.63) is 29.3 Å². The van der Waals surface area contributed by atoms with E-state index in [-0.39, 0.29) is 5.54 Å². The molecule has 3 heteroatoms. The van der Waals surface area contributed by atoms with Gasteiger partial charge in [-0.1, -0.05) is 13.0 Å². The minimum absolute atomic E-state index is 0.0911. The van der Waals surface area contributed by atoms with Gasteiger partial charge in [0.05, 0.1) is 11.3 Å². The fraction of sp³-hybridized carbons (Fsp3) is 0.611. The van der Waals surface area contributed by atoms with Crippen LogP contribution in [0.1, 0.15) is 51.7 Å². The molecule has 1 fully saturated rings. The van der Waals surface area contributed by atoms with Gasteiger partial charge in [-0.3, -0.25) is 0 Å². The lowest BCUT2D eigenvalue weighted by Gasteiger charge is -2.33. The fourth-order valence-corrected chi connectivity index (χ4v) is 2.83. The van der Waals surface area contributed by atoms with Gasteiger partial charge < -0.3 is 10.2 Å². The first-order valence-corrected chi connectivity index (χ1v) is 7.92. The van der Waals surface area contributed by atoms with E-state index in [1.54, 1.807) is 0 Å². The average Bonchev–Trinajstić information content (AvgIpc) is 2.44. The summed E-state index contributed by atoms with van der Waals surface area (Å²) in [6, 6.07) is 8.68. The predicted molar refractivity (Wildman–Crippen MR) is 88.4 cm³/mol. The zero-order chi connectivity index (χ0) is 15.5. The number of piperidine rings is 1. The molecular formula is C18H27N3. The Bertz CT molecular complexity index is 522. The molecule has 1 aromatic carbocycles. The second-order valence-electron chi connectivity index (χ2n) is 7.26. The third kappa shape index (κ3) is 4.47. The maximum absolute atomic E-state index is 9.47. The van der Waals surface area contributed by atoms with E-state index in [1.807, 2.05) is 6.07 Å². The van der Waals surface area contributed by atoms with Crippen molar-refractivity contribution in [2.45, 2.75) is 52.6 Å². The summed E-state index contributed by atoms with van der Waals surface area (Å²) in [7, 11) is 0. The van der Waals surface area contributed by atoms with E-state index in [4.69, 9.17) is 0 Å². The van der Waals surface area contributed by atoms with Gasteiger partial charge in [-0.05, 0) is 57.2 Å². The van der Waals surface area contributed by atoms with Crippen LogP contribution in [0.25, 0.3) is 0 Å². The Balaban J connectivity index is 2.15. The summed E-state index contributed by atoms with van der Waals surface area (Å²) in [6.07, 6.45) is 2.52. The first kappa shape index (κ1) is 15.9. The van der Waals surface area contributed by atoms with Gasteiger partial charge in [-0.2, -0.15) is 5.26 Å². The molecule has 0 radical (unpaired) electrons. The van der Waals surface area contributed by atoms with Crippen LogP contribution in [-0.2, 0) is 6.54 Å². The molecule has 0 saturated carbocycles. The number of hydrogen-bond acceptors (Lipinski definition) is 3. The second kappa shape index (κ2) is 6.49. The van der Waals surface area contributed by atoms with Crippen LogP contribution >= 0.6 is 0 Å². The van der Waals surface area contributed by atoms with Crippen LogP contribution in [0.4, 0.5) is 5.69 Å². The van der Waals surface area contributed by atoms with Crippen molar-refractivity contribution in [2.75, 3.05) is 18.0 Å². The van der Waals surface area contributed by atoms with Crippen LogP contribution in [0.15, 0.2) is 18.2 Å². The number of benzene rings is 1. The van der Waals surface area contributed by atoms with E-state index in [2.05, 4.69) is 56.1 Å². The van der Waals surface area contributed by atoms with Gasteiger partial charge in [0.1, 0.15) is 6.07 Å². The lowest BCUT2D eigenvalue weighted by molar-refractivity contribution is 0.424. The van der Waals surface area contributed by atoms with Crippen LogP contribution in [-0.4, -0.2) is 18.6 Å². The SMILES string of the molecule is CC1CCCN(c2ccc(CNC(C)(C)C)cc2C#N)C1. The Hall–Kier alpha value is -1.53. The van der Waals surface area contributed by atoms with Gasteiger partial charge in [0.25, 0.3) is 0 Å². The topological polar surface area (TPSA) is 39.1 Å². The van der Waals surface area contributed by atoms with Crippen LogP contribution in [0.3, 0.4) is 0 Å². The largest absolute Gasteiger partial charge is 0.370 e. The van der Waals surface area contributed by atoms with E-state index in [0.29, 0.717) is 5.92 Å². The molecule has 0 aliphatic carbocycles. The van der Waals surface area contributed by atoms with Gasteiger partial charge in [0.15, 0.2) is 0 Å². The van der Waals surface area contributed by atoms with Gasteiger partial charge in [0.2, 0.25) is 0 Å². The van der Waals surface area contributed by atoms with Crippen molar-refractivity contribution < 1.29 is 0 Å². The summed E-state index contributed by atoms with van der Waals surface area (Å²) in [6.45, 7) is 11.7. The van der Waals surface area contributed by atoms with Gasteiger partial charge in [-0.25, -0.2) is 0 Å². The van der Waals surface area contributed by atoms with Crippen LogP contribution in [0.5, 0.6) is 0 Å². The molecule has 1 saturated heterocycles. The van der Waals surface area contributed by atoms with Crippen molar-refractivity contribution in [1.82, 2.24) is 5.32 Å². The van der Waals surface area contributed by atoms with Gasteiger partial charge in [0, 0.05) is 25.2 Å². The Morgan fingerprint density at radius 3 is 2.76 bits per heavy atom. The number of anilines is 1. The molecule has 1 aliphatic rings. The Labute approximate surface area is 129 Å². The molecule has 21 heavy (non-hydrogen) atoms. The Morgan fingerprint density at radius 2 is 2.14 bits per heavy atom. The zero-order valence-electron chi connectivity index (χ0n) is 13.7.